The van der Waals surface area contributed by atoms with Crippen molar-refractivity contribution in [1.82, 2.24) is 15.1 Å². The first-order valence-corrected chi connectivity index (χ1v) is 8.62. The van der Waals surface area contributed by atoms with Gasteiger partial charge in [-0.15, -0.1) is 0 Å². The zero-order chi connectivity index (χ0) is 14.7. The standard InChI is InChI=1S/C16H29N3O2/c1-13-16(20)19(15(17-13)14-5-2-3-6-14)8-4-7-18-9-11-21-12-10-18/h13-15,17H,2-12H2,1H3. The summed E-state index contributed by atoms with van der Waals surface area (Å²) < 4.78 is 5.38. The van der Waals surface area contributed by atoms with Gasteiger partial charge in [-0.25, -0.2) is 0 Å². The van der Waals surface area contributed by atoms with E-state index in [0.717, 1.165) is 45.8 Å². The Morgan fingerprint density at radius 2 is 1.90 bits per heavy atom. The van der Waals surface area contributed by atoms with Gasteiger partial charge < -0.3 is 9.64 Å². The fourth-order valence-electron chi connectivity index (χ4n) is 4.01. The molecule has 0 spiro atoms. The smallest absolute Gasteiger partial charge is 0.240 e. The van der Waals surface area contributed by atoms with Crippen LogP contribution >= 0.6 is 0 Å². The first-order valence-electron chi connectivity index (χ1n) is 8.62. The van der Waals surface area contributed by atoms with Crippen LogP contribution < -0.4 is 5.32 Å². The van der Waals surface area contributed by atoms with E-state index in [1.807, 2.05) is 6.92 Å². The highest BCUT2D eigenvalue weighted by Crippen LogP contribution is 2.31. The average molecular weight is 295 g/mol. The summed E-state index contributed by atoms with van der Waals surface area (Å²) in [6.45, 7) is 7.76. The Morgan fingerprint density at radius 1 is 1.19 bits per heavy atom. The van der Waals surface area contributed by atoms with Crippen molar-refractivity contribution in [2.75, 3.05) is 39.4 Å². The SMILES string of the molecule is CC1NC(C2CCCC2)N(CCCN2CCOCC2)C1=O. The van der Waals surface area contributed by atoms with E-state index < -0.39 is 0 Å². The number of nitrogens with zero attached hydrogens (tertiary/aromatic N) is 2. The molecule has 1 amide bonds. The van der Waals surface area contributed by atoms with E-state index >= 15 is 0 Å². The third-order valence-electron chi connectivity index (χ3n) is 5.23. The minimum absolute atomic E-state index is 0.000938. The molecule has 5 nitrogen and oxygen atoms in total. The maximum absolute atomic E-state index is 12.4. The zero-order valence-electron chi connectivity index (χ0n) is 13.2. The minimum Gasteiger partial charge on any atom is -0.379 e. The number of carbonyl (C=O) groups excluding carboxylic acids is 1. The fraction of sp³-hybridized carbons (Fsp3) is 0.938. The van der Waals surface area contributed by atoms with E-state index in [9.17, 15) is 4.79 Å². The maximum Gasteiger partial charge on any atom is 0.240 e. The van der Waals surface area contributed by atoms with Gasteiger partial charge >= 0.3 is 0 Å². The van der Waals surface area contributed by atoms with Crippen molar-refractivity contribution < 1.29 is 9.53 Å². The van der Waals surface area contributed by atoms with Gasteiger partial charge in [-0.05, 0) is 32.1 Å². The molecule has 2 saturated heterocycles. The van der Waals surface area contributed by atoms with Crippen LogP contribution in [-0.2, 0) is 9.53 Å². The summed E-state index contributed by atoms with van der Waals surface area (Å²) in [5.74, 6) is 0.969. The van der Waals surface area contributed by atoms with Crippen LogP contribution in [0.5, 0.6) is 0 Å². The molecule has 1 saturated carbocycles. The molecule has 2 unspecified atom stereocenters. The van der Waals surface area contributed by atoms with Gasteiger partial charge in [0.05, 0.1) is 25.4 Å². The molecule has 2 heterocycles. The molecule has 1 N–H and O–H groups in total. The molecule has 120 valence electrons. The Hall–Kier alpha value is -0.650. The highest BCUT2D eigenvalue weighted by Gasteiger charge is 2.40. The summed E-state index contributed by atoms with van der Waals surface area (Å²) in [7, 11) is 0. The number of carbonyl (C=O) groups is 1. The fourth-order valence-corrected chi connectivity index (χ4v) is 4.01. The van der Waals surface area contributed by atoms with E-state index in [1.54, 1.807) is 0 Å². The molecule has 2 atom stereocenters. The van der Waals surface area contributed by atoms with Crippen molar-refractivity contribution in [2.24, 2.45) is 5.92 Å². The van der Waals surface area contributed by atoms with Gasteiger partial charge in [0, 0.05) is 26.2 Å². The Morgan fingerprint density at radius 3 is 2.62 bits per heavy atom. The van der Waals surface area contributed by atoms with E-state index in [4.69, 9.17) is 4.74 Å². The van der Waals surface area contributed by atoms with Gasteiger partial charge in [-0.1, -0.05) is 12.8 Å². The van der Waals surface area contributed by atoms with Crippen molar-refractivity contribution in [3.8, 4) is 0 Å². The van der Waals surface area contributed by atoms with E-state index in [2.05, 4.69) is 15.1 Å². The topological polar surface area (TPSA) is 44.8 Å². The lowest BCUT2D eigenvalue weighted by atomic mass is 10.0. The number of hydrogen-bond acceptors (Lipinski definition) is 4. The molecule has 3 fully saturated rings. The van der Waals surface area contributed by atoms with Crippen molar-refractivity contribution >= 4 is 5.91 Å². The molecule has 0 aromatic carbocycles. The number of morpholine rings is 1. The monoisotopic (exact) mass is 295 g/mol. The van der Waals surface area contributed by atoms with Gasteiger partial charge in [-0.2, -0.15) is 0 Å². The normalized spacial score (nSPS) is 32.2. The molecule has 21 heavy (non-hydrogen) atoms. The minimum atomic E-state index is -0.000938. The first kappa shape index (κ1) is 15.3. The molecular formula is C16H29N3O2. The molecule has 0 aromatic heterocycles. The van der Waals surface area contributed by atoms with Crippen molar-refractivity contribution in [2.45, 2.75) is 51.2 Å². The van der Waals surface area contributed by atoms with Crippen LogP contribution in [0.3, 0.4) is 0 Å². The maximum atomic E-state index is 12.4. The molecule has 0 bridgehead atoms. The summed E-state index contributed by atoms with van der Waals surface area (Å²) >= 11 is 0. The largest absolute Gasteiger partial charge is 0.379 e. The summed E-state index contributed by atoms with van der Waals surface area (Å²) in [4.78, 5) is 17.0. The molecule has 1 aliphatic carbocycles. The lowest BCUT2D eigenvalue weighted by Gasteiger charge is -2.31. The summed E-state index contributed by atoms with van der Waals surface area (Å²) in [6.07, 6.45) is 6.57. The Balaban J connectivity index is 1.50. The number of ether oxygens (including phenoxy) is 1. The first-order chi connectivity index (χ1) is 10.3. The van der Waals surface area contributed by atoms with Crippen LogP contribution in [0.2, 0.25) is 0 Å². The predicted octanol–water partition coefficient (Wildman–Crippen LogP) is 1.05. The molecule has 3 rings (SSSR count). The van der Waals surface area contributed by atoms with Gasteiger partial charge in [0.2, 0.25) is 5.91 Å². The Labute approximate surface area is 128 Å². The number of hydrogen-bond donors (Lipinski definition) is 1. The van der Waals surface area contributed by atoms with E-state index in [1.165, 1.54) is 25.7 Å². The third kappa shape index (κ3) is 3.58. The van der Waals surface area contributed by atoms with Crippen LogP contribution in [0.15, 0.2) is 0 Å². The van der Waals surface area contributed by atoms with Crippen LogP contribution in [0.25, 0.3) is 0 Å². The van der Waals surface area contributed by atoms with Crippen molar-refractivity contribution in [3.63, 3.8) is 0 Å². The second-order valence-electron chi connectivity index (χ2n) is 6.72. The molecule has 3 aliphatic rings. The summed E-state index contributed by atoms with van der Waals surface area (Å²) in [5, 5.41) is 3.53. The van der Waals surface area contributed by atoms with Gasteiger partial charge in [0.1, 0.15) is 0 Å². The lowest BCUT2D eigenvalue weighted by Crippen LogP contribution is -2.44. The van der Waals surface area contributed by atoms with Crippen LogP contribution in [0, 0.1) is 5.92 Å². The average Bonchev–Trinajstić information content (AvgIpc) is 3.12. The van der Waals surface area contributed by atoms with Gasteiger partial charge in [0.25, 0.3) is 0 Å². The molecular weight excluding hydrogens is 266 g/mol. The lowest BCUT2D eigenvalue weighted by molar-refractivity contribution is -0.130. The number of rotatable bonds is 5. The second-order valence-corrected chi connectivity index (χ2v) is 6.72. The quantitative estimate of drug-likeness (QED) is 0.823. The van der Waals surface area contributed by atoms with E-state index in [0.29, 0.717) is 18.0 Å². The Bertz CT molecular complexity index is 351. The van der Waals surface area contributed by atoms with Crippen LogP contribution in [-0.4, -0.2) is 67.3 Å². The molecule has 2 aliphatic heterocycles. The van der Waals surface area contributed by atoms with Crippen LogP contribution in [0.1, 0.15) is 39.0 Å². The highest BCUT2D eigenvalue weighted by atomic mass is 16.5. The third-order valence-corrected chi connectivity index (χ3v) is 5.23. The van der Waals surface area contributed by atoms with E-state index in [-0.39, 0.29) is 6.04 Å². The molecule has 0 aromatic rings. The van der Waals surface area contributed by atoms with Gasteiger partial charge in [0.15, 0.2) is 0 Å². The molecule has 0 radical (unpaired) electrons. The summed E-state index contributed by atoms with van der Waals surface area (Å²) in [6, 6.07) is -0.000938. The zero-order valence-corrected chi connectivity index (χ0v) is 13.2. The molecule has 5 heteroatoms. The van der Waals surface area contributed by atoms with Crippen molar-refractivity contribution in [1.29, 1.82) is 0 Å². The Kier molecular flexibility index (Phi) is 5.14. The summed E-state index contributed by atoms with van der Waals surface area (Å²) in [5.41, 5.74) is 0. The van der Waals surface area contributed by atoms with Crippen molar-refractivity contribution in [3.05, 3.63) is 0 Å². The number of nitrogens with one attached hydrogen (secondary N) is 1. The second kappa shape index (κ2) is 7.07. The predicted molar refractivity (Wildman–Crippen MR) is 81.9 cm³/mol. The highest BCUT2D eigenvalue weighted by molar-refractivity contribution is 5.83. The van der Waals surface area contributed by atoms with Gasteiger partial charge in [-0.3, -0.25) is 15.0 Å². The number of amides is 1. The van der Waals surface area contributed by atoms with Crippen LogP contribution in [0.4, 0.5) is 0 Å².